The van der Waals surface area contributed by atoms with Crippen molar-refractivity contribution in [3.05, 3.63) is 40.3 Å². The molecule has 0 fully saturated rings. The van der Waals surface area contributed by atoms with Gasteiger partial charge in [0.1, 0.15) is 0 Å². The molecule has 0 saturated carbocycles. The van der Waals surface area contributed by atoms with E-state index in [9.17, 15) is 0 Å². The SMILES string of the molecule is COc1ccc(CC(C)NCc2cncs2)cc1OC. The van der Waals surface area contributed by atoms with Crippen LogP contribution < -0.4 is 14.8 Å². The predicted molar refractivity (Wildman–Crippen MR) is 81.7 cm³/mol. The Labute approximate surface area is 123 Å². The van der Waals surface area contributed by atoms with Crippen LogP contribution >= 0.6 is 11.3 Å². The molecule has 20 heavy (non-hydrogen) atoms. The van der Waals surface area contributed by atoms with E-state index in [1.54, 1.807) is 25.6 Å². The summed E-state index contributed by atoms with van der Waals surface area (Å²) in [5.41, 5.74) is 3.09. The van der Waals surface area contributed by atoms with E-state index in [1.165, 1.54) is 10.4 Å². The maximum absolute atomic E-state index is 5.33. The minimum atomic E-state index is 0.384. The Kier molecular flexibility index (Phi) is 5.38. The number of ether oxygens (including phenoxy) is 2. The number of nitrogens with zero attached hydrogens (tertiary/aromatic N) is 1. The van der Waals surface area contributed by atoms with Crippen LogP contribution in [-0.2, 0) is 13.0 Å². The van der Waals surface area contributed by atoms with Crippen LogP contribution in [0.3, 0.4) is 0 Å². The van der Waals surface area contributed by atoms with Gasteiger partial charge in [-0.1, -0.05) is 6.07 Å². The number of hydrogen-bond acceptors (Lipinski definition) is 5. The van der Waals surface area contributed by atoms with Crippen LogP contribution in [0.2, 0.25) is 0 Å². The molecule has 0 aliphatic heterocycles. The van der Waals surface area contributed by atoms with Crippen molar-refractivity contribution in [2.75, 3.05) is 14.2 Å². The van der Waals surface area contributed by atoms with E-state index in [4.69, 9.17) is 9.47 Å². The van der Waals surface area contributed by atoms with Gasteiger partial charge in [-0.3, -0.25) is 4.98 Å². The summed E-state index contributed by atoms with van der Waals surface area (Å²) in [5, 5.41) is 3.50. The monoisotopic (exact) mass is 292 g/mol. The lowest BCUT2D eigenvalue weighted by molar-refractivity contribution is 0.354. The second-order valence-electron chi connectivity index (χ2n) is 4.64. The molecule has 1 unspecified atom stereocenters. The molecule has 5 heteroatoms. The summed E-state index contributed by atoms with van der Waals surface area (Å²) in [6.45, 7) is 3.04. The normalized spacial score (nSPS) is 12.2. The van der Waals surface area contributed by atoms with E-state index in [-0.39, 0.29) is 0 Å². The number of rotatable bonds is 7. The van der Waals surface area contributed by atoms with Crippen LogP contribution in [0.25, 0.3) is 0 Å². The minimum absolute atomic E-state index is 0.384. The highest BCUT2D eigenvalue weighted by Gasteiger charge is 2.08. The molecule has 1 atom stereocenters. The third-order valence-corrected chi connectivity index (χ3v) is 3.88. The molecular weight excluding hydrogens is 272 g/mol. The van der Waals surface area contributed by atoms with E-state index in [1.807, 2.05) is 23.8 Å². The van der Waals surface area contributed by atoms with E-state index >= 15 is 0 Å². The second kappa shape index (κ2) is 7.26. The summed E-state index contributed by atoms with van der Waals surface area (Å²) < 4.78 is 10.6. The molecule has 0 spiro atoms. The number of methoxy groups -OCH3 is 2. The fraction of sp³-hybridized carbons (Fsp3) is 0.400. The van der Waals surface area contributed by atoms with Gasteiger partial charge in [0.25, 0.3) is 0 Å². The van der Waals surface area contributed by atoms with Gasteiger partial charge in [-0.05, 0) is 31.0 Å². The first-order valence-electron chi connectivity index (χ1n) is 6.54. The predicted octanol–water partition coefficient (Wildman–Crippen LogP) is 2.88. The van der Waals surface area contributed by atoms with Gasteiger partial charge in [-0.2, -0.15) is 0 Å². The lowest BCUT2D eigenvalue weighted by Crippen LogP contribution is -2.27. The number of benzene rings is 1. The fourth-order valence-corrected chi connectivity index (χ4v) is 2.58. The van der Waals surface area contributed by atoms with E-state index < -0.39 is 0 Å². The fourth-order valence-electron chi connectivity index (χ4n) is 2.04. The first-order chi connectivity index (χ1) is 9.72. The lowest BCUT2D eigenvalue weighted by atomic mass is 10.1. The molecule has 0 radical (unpaired) electrons. The topological polar surface area (TPSA) is 43.4 Å². The van der Waals surface area contributed by atoms with Crippen molar-refractivity contribution in [1.82, 2.24) is 10.3 Å². The molecule has 1 heterocycles. The number of nitrogens with one attached hydrogen (secondary N) is 1. The first-order valence-corrected chi connectivity index (χ1v) is 7.42. The summed E-state index contributed by atoms with van der Waals surface area (Å²) in [6.07, 6.45) is 2.85. The Bertz CT molecular complexity index is 529. The highest BCUT2D eigenvalue weighted by molar-refractivity contribution is 7.09. The van der Waals surface area contributed by atoms with Gasteiger partial charge in [0, 0.05) is 23.7 Å². The molecule has 108 valence electrons. The standard InChI is InChI=1S/C15H20N2O2S/c1-11(17-9-13-8-16-10-20-13)6-12-4-5-14(18-2)15(7-12)19-3/h4-5,7-8,10-11,17H,6,9H2,1-3H3. The van der Waals surface area contributed by atoms with Crippen molar-refractivity contribution in [3.8, 4) is 11.5 Å². The van der Waals surface area contributed by atoms with Crippen molar-refractivity contribution in [1.29, 1.82) is 0 Å². The van der Waals surface area contributed by atoms with Gasteiger partial charge in [0.15, 0.2) is 11.5 Å². The van der Waals surface area contributed by atoms with Crippen LogP contribution in [0.5, 0.6) is 11.5 Å². The van der Waals surface area contributed by atoms with Crippen LogP contribution in [0, 0.1) is 0 Å². The number of aromatic nitrogens is 1. The summed E-state index contributed by atoms with van der Waals surface area (Å²) in [5.74, 6) is 1.54. The molecule has 0 aliphatic rings. The first kappa shape index (κ1) is 14.8. The van der Waals surface area contributed by atoms with Crippen LogP contribution in [-0.4, -0.2) is 25.2 Å². The zero-order valence-electron chi connectivity index (χ0n) is 12.1. The second-order valence-corrected chi connectivity index (χ2v) is 5.61. The summed E-state index contributed by atoms with van der Waals surface area (Å²) in [4.78, 5) is 5.33. The average molecular weight is 292 g/mol. The van der Waals surface area contributed by atoms with Crippen molar-refractivity contribution < 1.29 is 9.47 Å². The third-order valence-electron chi connectivity index (χ3n) is 3.10. The lowest BCUT2D eigenvalue weighted by Gasteiger charge is -2.15. The van der Waals surface area contributed by atoms with Gasteiger partial charge in [-0.15, -0.1) is 11.3 Å². The average Bonchev–Trinajstić information content (AvgIpc) is 2.98. The maximum Gasteiger partial charge on any atom is 0.160 e. The van der Waals surface area contributed by atoms with Gasteiger partial charge in [0.05, 0.1) is 19.7 Å². The molecule has 2 rings (SSSR count). The highest BCUT2D eigenvalue weighted by Crippen LogP contribution is 2.27. The van der Waals surface area contributed by atoms with Gasteiger partial charge >= 0.3 is 0 Å². The Balaban J connectivity index is 1.91. The molecule has 1 N–H and O–H groups in total. The zero-order valence-corrected chi connectivity index (χ0v) is 12.9. The summed E-state index contributed by atoms with van der Waals surface area (Å²) in [7, 11) is 3.31. The molecule has 0 amide bonds. The van der Waals surface area contributed by atoms with Crippen molar-refractivity contribution >= 4 is 11.3 Å². The van der Waals surface area contributed by atoms with E-state index in [0.717, 1.165) is 24.5 Å². The Morgan fingerprint density at radius 2 is 2.05 bits per heavy atom. The smallest absolute Gasteiger partial charge is 0.160 e. The largest absolute Gasteiger partial charge is 0.493 e. The van der Waals surface area contributed by atoms with Gasteiger partial charge < -0.3 is 14.8 Å². The Morgan fingerprint density at radius 3 is 2.70 bits per heavy atom. The van der Waals surface area contributed by atoms with Crippen LogP contribution in [0.15, 0.2) is 29.9 Å². The number of hydrogen-bond donors (Lipinski definition) is 1. The molecule has 0 aliphatic carbocycles. The maximum atomic E-state index is 5.33. The van der Waals surface area contributed by atoms with Gasteiger partial charge in [-0.25, -0.2) is 0 Å². The zero-order chi connectivity index (χ0) is 14.4. The summed E-state index contributed by atoms with van der Waals surface area (Å²) in [6, 6.07) is 6.44. The molecular formula is C15H20N2O2S. The van der Waals surface area contributed by atoms with Crippen molar-refractivity contribution in [2.24, 2.45) is 0 Å². The van der Waals surface area contributed by atoms with Crippen LogP contribution in [0.1, 0.15) is 17.4 Å². The molecule has 4 nitrogen and oxygen atoms in total. The third kappa shape index (κ3) is 3.95. The Hall–Kier alpha value is -1.59. The quantitative estimate of drug-likeness (QED) is 0.852. The highest BCUT2D eigenvalue weighted by atomic mass is 32.1. The van der Waals surface area contributed by atoms with E-state index in [0.29, 0.717) is 6.04 Å². The van der Waals surface area contributed by atoms with Crippen molar-refractivity contribution in [3.63, 3.8) is 0 Å². The van der Waals surface area contributed by atoms with Gasteiger partial charge in [0.2, 0.25) is 0 Å². The molecule has 1 aromatic heterocycles. The molecule has 0 saturated heterocycles. The molecule has 2 aromatic rings. The molecule has 1 aromatic carbocycles. The summed E-state index contributed by atoms with van der Waals surface area (Å²) >= 11 is 1.67. The van der Waals surface area contributed by atoms with E-state index in [2.05, 4.69) is 23.3 Å². The molecule has 0 bridgehead atoms. The van der Waals surface area contributed by atoms with Crippen molar-refractivity contribution in [2.45, 2.75) is 25.9 Å². The number of thiazole rings is 1. The minimum Gasteiger partial charge on any atom is -0.493 e. The Morgan fingerprint density at radius 1 is 1.25 bits per heavy atom. The van der Waals surface area contributed by atoms with Crippen LogP contribution in [0.4, 0.5) is 0 Å².